The molecule has 0 amide bonds. The van der Waals surface area contributed by atoms with Crippen LogP contribution >= 0.6 is 0 Å². The van der Waals surface area contributed by atoms with Crippen LogP contribution in [0.1, 0.15) is 39.7 Å². The zero-order valence-electron chi connectivity index (χ0n) is 11.8. The van der Waals surface area contributed by atoms with Gasteiger partial charge in [-0.1, -0.05) is 32.9 Å². The number of hydrogen-bond acceptors (Lipinski definition) is 3. The molecule has 1 unspecified atom stereocenters. The SMILES string of the molecule is CCC(C)(C)c1ccc(OC(C)C(=O)OC)cc1. The first-order valence-electron chi connectivity index (χ1n) is 6.25. The molecule has 0 spiro atoms. The summed E-state index contributed by atoms with van der Waals surface area (Å²) in [4.78, 5) is 11.2. The van der Waals surface area contributed by atoms with Gasteiger partial charge in [0.25, 0.3) is 0 Å². The lowest BCUT2D eigenvalue weighted by Gasteiger charge is -2.23. The molecule has 0 bridgehead atoms. The van der Waals surface area contributed by atoms with Crippen molar-refractivity contribution in [2.75, 3.05) is 7.11 Å². The first-order valence-corrected chi connectivity index (χ1v) is 6.25. The van der Waals surface area contributed by atoms with E-state index in [2.05, 4.69) is 25.5 Å². The fourth-order valence-corrected chi connectivity index (χ4v) is 1.61. The van der Waals surface area contributed by atoms with Gasteiger partial charge in [0.15, 0.2) is 6.10 Å². The molecule has 18 heavy (non-hydrogen) atoms. The molecule has 0 aliphatic carbocycles. The number of carbonyl (C=O) groups excluding carboxylic acids is 1. The van der Waals surface area contributed by atoms with E-state index in [0.29, 0.717) is 5.75 Å². The summed E-state index contributed by atoms with van der Waals surface area (Å²) in [6.07, 6.45) is 0.492. The van der Waals surface area contributed by atoms with Gasteiger partial charge in [-0.3, -0.25) is 0 Å². The molecule has 0 saturated heterocycles. The van der Waals surface area contributed by atoms with E-state index in [1.54, 1.807) is 6.92 Å². The summed E-state index contributed by atoms with van der Waals surface area (Å²) >= 11 is 0. The molecule has 0 N–H and O–H groups in total. The number of rotatable bonds is 5. The quantitative estimate of drug-likeness (QED) is 0.752. The molecular weight excluding hydrogens is 228 g/mol. The zero-order chi connectivity index (χ0) is 13.8. The molecular formula is C15H22O3. The highest BCUT2D eigenvalue weighted by Gasteiger charge is 2.18. The van der Waals surface area contributed by atoms with Gasteiger partial charge in [0.2, 0.25) is 0 Å². The lowest BCUT2D eigenvalue weighted by atomic mass is 9.82. The van der Waals surface area contributed by atoms with Crippen molar-refractivity contribution in [2.24, 2.45) is 0 Å². The zero-order valence-corrected chi connectivity index (χ0v) is 11.8. The summed E-state index contributed by atoms with van der Waals surface area (Å²) in [6, 6.07) is 7.88. The number of methoxy groups -OCH3 is 1. The molecule has 1 rings (SSSR count). The molecule has 1 aromatic rings. The van der Waals surface area contributed by atoms with Crippen LogP contribution in [0.3, 0.4) is 0 Å². The molecule has 0 aromatic heterocycles. The second-order valence-electron chi connectivity index (χ2n) is 5.05. The molecule has 100 valence electrons. The average molecular weight is 250 g/mol. The minimum atomic E-state index is -0.583. The first-order chi connectivity index (χ1) is 8.40. The third-order valence-corrected chi connectivity index (χ3v) is 3.37. The Kier molecular flexibility index (Phi) is 4.76. The van der Waals surface area contributed by atoms with E-state index in [0.717, 1.165) is 6.42 Å². The van der Waals surface area contributed by atoms with E-state index in [1.807, 2.05) is 24.3 Å². The number of benzene rings is 1. The van der Waals surface area contributed by atoms with Gasteiger partial charge in [0.1, 0.15) is 5.75 Å². The van der Waals surface area contributed by atoms with Crippen LogP contribution in [0.2, 0.25) is 0 Å². The van der Waals surface area contributed by atoms with Gasteiger partial charge >= 0.3 is 5.97 Å². The fourth-order valence-electron chi connectivity index (χ4n) is 1.61. The Bertz CT molecular complexity index is 393. The summed E-state index contributed by atoms with van der Waals surface area (Å²) in [5.74, 6) is 0.316. The largest absolute Gasteiger partial charge is 0.479 e. The predicted octanol–water partition coefficient (Wildman–Crippen LogP) is 3.31. The minimum Gasteiger partial charge on any atom is -0.479 e. The second kappa shape index (κ2) is 5.89. The van der Waals surface area contributed by atoms with Crippen LogP contribution in [0, 0.1) is 0 Å². The standard InChI is InChI=1S/C15H22O3/c1-6-15(3,4)12-7-9-13(10-8-12)18-11(2)14(16)17-5/h7-11H,6H2,1-5H3. The maximum absolute atomic E-state index is 11.2. The van der Waals surface area contributed by atoms with Crippen LogP contribution in [-0.4, -0.2) is 19.2 Å². The van der Waals surface area contributed by atoms with Crippen molar-refractivity contribution in [3.8, 4) is 5.75 Å². The molecule has 0 radical (unpaired) electrons. The van der Waals surface area contributed by atoms with Gasteiger partial charge in [-0.2, -0.15) is 0 Å². The monoisotopic (exact) mass is 250 g/mol. The second-order valence-corrected chi connectivity index (χ2v) is 5.05. The summed E-state index contributed by atoms with van der Waals surface area (Å²) in [7, 11) is 1.36. The average Bonchev–Trinajstić information content (AvgIpc) is 2.38. The van der Waals surface area contributed by atoms with Gasteiger partial charge < -0.3 is 9.47 Å². The van der Waals surface area contributed by atoms with Gasteiger partial charge in [0, 0.05) is 0 Å². The van der Waals surface area contributed by atoms with Crippen LogP contribution in [0.25, 0.3) is 0 Å². The van der Waals surface area contributed by atoms with E-state index in [-0.39, 0.29) is 11.4 Å². The lowest BCUT2D eigenvalue weighted by Crippen LogP contribution is -2.25. The van der Waals surface area contributed by atoms with Crippen molar-refractivity contribution in [3.05, 3.63) is 29.8 Å². The number of ether oxygens (including phenoxy) is 2. The maximum atomic E-state index is 11.2. The Labute approximate surface area is 109 Å². The van der Waals surface area contributed by atoms with E-state index in [4.69, 9.17) is 4.74 Å². The van der Waals surface area contributed by atoms with E-state index in [1.165, 1.54) is 12.7 Å². The lowest BCUT2D eigenvalue weighted by molar-refractivity contribution is -0.147. The van der Waals surface area contributed by atoms with Crippen LogP contribution in [-0.2, 0) is 14.9 Å². The third kappa shape index (κ3) is 3.49. The van der Waals surface area contributed by atoms with Gasteiger partial charge in [-0.15, -0.1) is 0 Å². The van der Waals surface area contributed by atoms with Crippen molar-refractivity contribution in [2.45, 2.75) is 45.6 Å². The highest BCUT2D eigenvalue weighted by atomic mass is 16.6. The van der Waals surface area contributed by atoms with Crippen molar-refractivity contribution < 1.29 is 14.3 Å². The number of hydrogen-bond donors (Lipinski definition) is 0. The van der Waals surface area contributed by atoms with E-state index >= 15 is 0 Å². The minimum absolute atomic E-state index is 0.159. The normalized spacial score (nSPS) is 12.9. The van der Waals surface area contributed by atoms with Crippen molar-refractivity contribution >= 4 is 5.97 Å². The molecule has 1 aromatic carbocycles. The van der Waals surface area contributed by atoms with Crippen LogP contribution in [0.15, 0.2) is 24.3 Å². The van der Waals surface area contributed by atoms with Crippen LogP contribution in [0.4, 0.5) is 0 Å². The highest BCUT2D eigenvalue weighted by Crippen LogP contribution is 2.28. The smallest absolute Gasteiger partial charge is 0.346 e. The Morgan fingerprint density at radius 1 is 1.28 bits per heavy atom. The Morgan fingerprint density at radius 2 is 1.83 bits per heavy atom. The van der Waals surface area contributed by atoms with Crippen LogP contribution < -0.4 is 4.74 Å². The maximum Gasteiger partial charge on any atom is 0.346 e. The topological polar surface area (TPSA) is 35.5 Å². The molecule has 1 atom stereocenters. The van der Waals surface area contributed by atoms with Crippen molar-refractivity contribution in [3.63, 3.8) is 0 Å². The summed E-state index contributed by atoms with van der Waals surface area (Å²) in [5, 5.41) is 0. The molecule has 0 fully saturated rings. The van der Waals surface area contributed by atoms with Gasteiger partial charge in [-0.25, -0.2) is 4.79 Å². The highest BCUT2D eigenvalue weighted by molar-refractivity contribution is 5.74. The van der Waals surface area contributed by atoms with Gasteiger partial charge in [0.05, 0.1) is 7.11 Å². The Balaban J connectivity index is 2.75. The predicted molar refractivity (Wildman–Crippen MR) is 71.9 cm³/mol. The summed E-state index contributed by atoms with van der Waals surface area (Å²) < 4.78 is 10.1. The molecule has 0 heterocycles. The number of carbonyl (C=O) groups is 1. The first kappa shape index (κ1) is 14.6. The fraction of sp³-hybridized carbons (Fsp3) is 0.533. The van der Waals surface area contributed by atoms with E-state index < -0.39 is 6.10 Å². The van der Waals surface area contributed by atoms with Crippen molar-refractivity contribution in [1.82, 2.24) is 0 Å². The summed E-state index contributed by atoms with van der Waals surface area (Å²) in [5.41, 5.74) is 1.43. The molecule has 0 aliphatic rings. The van der Waals surface area contributed by atoms with E-state index in [9.17, 15) is 4.79 Å². The third-order valence-electron chi connectivity index (χ3n) is 3.37. The Hall–Kier alpha value is -1.51. The Morgan fingerprint density at radius 3 is 2.28 bits per heavy atom. The van der Waals surface area contributed by atoms with Gasteiger partial charge in [-0.05, 0) is 36.5 Å². The van der Waals surface area contributed by atoms with Crippen molar-refractivity contribution in [1.29, 1.82) is 0 Å². The molecule has 0 aliphatic heterocycles. The van der Waals surface area contributed by atoms with Crippen LogP contribution in [0.5, 0.6) is 5.75 Å². The number of esters is 1. The summed E-state index contributed by atoms with van der Waals surface area (Å²) in [6.45, 7) is 8.26. The molecule has 3 heteroatoms. The molecule has 0 saturated carbocycles. The molecule has 3 nitrogen and oxygen atoms in total.